The molecule has 0 amide bonds. The molecule has 1 fully saturated rings. The molecule has 28 heavy (non-hydrogen) atoms. The Balaban J connectivity index is 1.84. The third-order valence-electron chi connectivity index (χ3n) is 5.20. The summed E-state index contributed by atoms with van der Waals surface area (Å²) in [5.74, 6) is 0.916. The molecule has 0 radical (unpaired) electrons. The highest BCUT2D eigenvalue weighted by molar-refractivity contribution is 7.12. The van der Waals surface area contributed by atoms with E-state index >= 15 is 0 Å². The summed E-state index contributed by atoms with van der Waals surface area (Å²) in [6, 6.07) is 10.5. The lowest BCUT2D eigenvalue weighted by Crippen LogP contribution is -2.49. The molecular formula is C23H32N4S. The molecule has 150 valence electrons. The maximum atomic E-state index is 5.14. The first kappa shape index (κ1) is 20.8. The van der Waals surface area contributed by atoms with E-state index in [4.69, 9.17) is 4.99 Å². The van der Waals surface area contributed by atoms with E-state index in [0.29, 0.717) is 0 Å². The summed E-state index contributed by atoms with van der Waals surface area (Å²) in [5.41, 5.74) is 3.61. The molecule has 5 heteroatoms. The van der Waals surface area contributed by atoms with Crippen LogP contribution in [-0.2, 0) is 0 Å². The molecule has 1 aliphatic heterocycles. The predicted molar refractivity (Wildman–Crippen MR) is 122 cm³/mol. The molecule has 0 unspecified atom stereocenters. The fourth-order valence-electron chi connectivity index (χ4n) is 3.69. The van der Waals surface area contributed by atoms with Crippen molar-refractivity contribution < 1.29 is 0 Å². The minimum Gasteiger partial charge on any atom is -0.346 e. The maximum Gasteiger partial charge on any atom is 0.143 e. The minimum absolute atomic E-state index is 0.176. The molecule has 0 atom stereocenters. The van der Waals surface area contributed by atoms with Crippen molar-refractivity contribution in [1.29, 1.82) is 0 Å². The first-order valence-electron chi connectivity index (χ1n) is 9.92. The van der Waals surface area contributed by atoms with Gasteiger partial charge in [-0.3, -0.25) is 9.89 Å². The summed E-state index contributed by atoms with van der Waals surface area (Å²) in [7, 11) is 2.19. The highest BCUT2D eigenvalue weighted by Gasteiger charge is 2.25. The fourth-order valence-corrected chi connectivity index (χ4v) is 4.74. The van der Waals surface area contributed by atoms with Crippen LogP contribution in [0.25, 0.3) is 11.1 Å². The lowest BCUT2D eigenvalue weighted by Gasteiger charge is -2.36. The van der Waals surface area contributed by atoms with Crippen molar-refractivity contribution in [3.63, 3.8) is 0 Å². The second-order valence-corrected chi connectivity index (χ2v) is 9.05. The van der Waals surface area contributed by atoms with Crippen molar-refractivity contribution in [2.45, 2.75) is 26.3 Å². The number of hydrogen-bond donors (Lipinski definition) is 1. The average Bonchev–Trinajstić information content (AvgIpc) is 3.05. The Hall–Kier alpha value is -1.95. The van der Waals surface area contributed by atoms with Crippen LogP contribution in [-0.4, -0.2) is 60.9 Å². The molecule has 2 aromatic rings. The fraction of sp³-hybridized carbons (Fsp3) is 0.435. The van der Waals surface area contributed by atoms with E-state index in [2.05, 4.69) is 85.2 Å². The molecule has 1 aromatic heterocycles. The summed E-state index contributed by atoms with van der Waals surface area (Å²) in [6.07, 6.45) is 1.73. The lowest BCUT2D eigenvalue weighted by atomic mass is 10.0. The minimum atomic E-state index is -0.176. The van der Waals surface area contributed by atoms with Gasteiger partial charge in [-0.25, -0.2) is 0 Å². The monoisotopic (exact) mass is 396 g/mol. The van der Waals surface area contributed by atoms with Gasteiger partial charge in [-0.1, -0.05) is 36.9 Å². The summed E-state index contributed by atoms with van der Waals surface area (Å²) in [6.45, 7) is 15.9. The maximum absolute atomic E-state index is 5.14. The first-order valence-corrected chi connectivity index (χ1v) is 10.8. The van der Waals surface area contributed by atoms with E-state index in [-0.39, 0.29) is 5.54 Å². The second kappa shape index (κ2) is 9.03. The Bertz CT molecular complexity index is 814. The lowest BCUT2D eigenvalue weighted by molar-refractivity contribution is 0.134. The number of aliphatic imine (C=N–C) groups is 1. The smallest absolute Gasteiger partial charge is 0.143 e. The quantitative estimate of drug-likeness (QED) is 0.586. The SMILES string of the molecule is C=CNC(=NC(C)(C)CN1CCN(C)CC1)c1scc(-c2ccccc2)c1C. The molecule has 4 nitrogen and oxygen atoms in total. The van der Waals surface area contributed by atoms with Gasteiger partial charge in [0.1, 0.15) is 5.84 Å². The topological polar surface area (TPSA) is 30.9 Å². The highest BCUT2D eigenvalue weighted by atomic mass is 32.1. The van der Waals surface area contributed by atoms with Gasteiger partial charge in [-0.15, -0.1) is 11.3 Å². The van der Waals surface area contributed by atoms with Crippen molar-refractivity contribution in [1.82, 2.24) is 15.1 Å². The van der Waals surface area contributed by atoms with Gasteiger partial charge in [0.25, 0.3) is 0 Å². The van der Waals surface area contributed by atoms with Gasteiger partial charge in [0, 0.05) is 32.7 Å². The Morgan fingerprint density at radius 3 is 2.54 bits per heavy atom. The Kier molecular flexibility index (Phi) is 6.70. The first-order chi connectivity index (χ1) is 13.4. The van der Waals surface area contributed by atoms with Gasteiger partial charge in [-0.05, 0) is 56.1 Å². The van der Waals surface area contributed by atoms with E-state index < -0.39 is 0 Å². The van der Waals surface area contributed by atoms with Crippen LogP contribution < -0.4 is 5.32 Å². The molecule has 1 N–H and O–H groups in total. The number of benzene rings is 1. The molecule has 2 heterocycles. The number of likely N-dealkylation sites (N-methyl/N-ethyl adjacent to an activating group) is 1. The summed E-state index contributed by atoms with van der Waals surface area (Å²) in [4.78, 5) is 11.2. The van der Waals surface area contributed by atoms with Gasteiger partial charge < -0.3 is 10.2 Å². The number of nitrogens with one attached hydrogen (secondary N) is 1. The van der Waals surface area contributed by atoms with Crippen LogP contribution in [0.4, 0.5) is 0 Å². The van der Waals surface area contributed by atoms with Crippen molar-refractivity contribution in [3.05, 3.63) is 58.9 Å². The van der Waals surface area contributed by atoms with E-state index in [1.165, 1.54) is 21.6 Å². The van der Waals surface area contributed by atoms with Crippen LogP contribution in [0.2, 0.25) is 0 Å². The molecular weight excluding hydrogens is 364 g/mol. The number of hydrogen-bond acceptors (Lipinski definition) is 4. The zero-order valence-corrected chi connectivity index (χ0v) is 18.4. The van der Waals surface area contributed by atoms with Crippen molar-refractivity contribution in [3.8, 4) is 11.1 Å². The molecule has 0 bridgehead atoms. The van der Waals surface area contributed by atoms with Crippen molar-refractivity contribution in [2.75, 3.05) is 39.8 Å². The molecule has 1 saturated heterocycles. The van der Waals surface area contributed by atoms with Crippen LogP contribution in [0, 0.1) is 6.92 Å². The molecule has 0 spiro atoms. The number of piperazine rings is 1. The number of nitrogens with zero attached hydrogens (tertiary/aromatic N) is 3. The largest absolute Gasteiger partial charge is 0.346 e. The van der Waals surface area contributed by atoms with E-state index in [1.54, 1.807) is 17.5 Å². The van der Waals surface area contributed by atoms with Crippen LogP contribution in [0.5, 0.6) is 0 Å². The third kappa shape index (κ3) is 5.10. The van der Waals surface area contributed by atoms with Gasteiger partial charge in [0.2, 0.25) is 0 Å². The van der Waals surface area contributed by atoms with Gasteiger partial charge in [0.15, 0.2) is 0 Å². The molecule has 1 aromatic carbocycles. The van der Waals surface area contributed by atoms with Crippen LogP contribution in [0.15, 0.2) is 53.5 Å². The number of amidine groups is 1. The molecule has 3 rings (SSSR count). The normalized spacial score (nSPS) is 16.9. The van der Waals surface area contributed by atoms with Gasteiger partial charge >= 0.3 is 0 Å². The zero-order valence-electron chi connectivity index (χ0n) is 17.5. The van der Waals surface area contributed by atoms with Crippen LogP contribution >= 0.6 is 11.3 Å². The number of rotatable bonds is 6. The number of thiophene rings is 1. The van der Waals surface area contributed by atoms with Gasteiger partial charge in [0.05, 0.1) is 10.4 Å². The van der Waals surface area contributed by atoms with Gasteiger partial charge in [-0.2, -0.15) is 0 Å². The Labute approximate surface area is 173 Å². The van der Waals surface area contributed by atoms with Crippen molar-refractivity contribution in [2.24, 2.45) is 4.99 Å². The van der Waals surface area contributed by atoms with Crippen molar-refractivity contribution >= 4 is 17.2 Å². The Morgan fingerprint density at radius 2 is 1.89 bits per heavy atom. The molecule has 1 aliphatic rings. The highest BCUT2D eigenvalue weighted by Crippen LogP contribution is 2.31. The van der Waals surface area contributed by atoms with Crippen LogP contribution in [0.1, 0.15) is 24.3 Å². The summed E-state index contributed by atoms with van der Waals surface area (Å²) >= 11 is 1.74. The predicted octanol–water partition coefficient (Wildman–Crippen LogP) is 4.23. The zero-order chi connectivity index (χ0) is 20.1. The standard InChI is InChI=1S/C23H32N4S/c1-6-24-22(25-23(3,4)17-27-14-12-26(5)13-15-27)21-18(2)20(16-28-21)19-10-8-7-9-11-19/h6-11,16H,1,12-15,17H2,2-5H3,(H,24,25). The average molecular weight is 397 g/mol. The van der Waals surface area contributed by atoms with Crippen LogP contribution in [0.3, 0.4) is 0 Å². The van der Waals surface area contributed by atoms with E-state index in [9.17, 15) is 0 Å². The Morgan fingerprint density at radius 1 is 1.21 bits per heavy atom. The van der Waals surface area contributed by atoms with E-state index in [0.717, 1.165) is 38.6 Å². The van der Waals surface area contributed by atoms with E-state index in [1.807, 2.05) is 0 Å². The second-order valence-electron chi connectivity index (χ2n) is 8.17. The summed E-state index contributed by atoms with van der Waals surface area (Å²) < 4.78 is 0. The molecule has 0 saturated carbocycles. The third-order valence-corrected chi connectivity index (χ3v) is 6.29. The summed E-state index contributed by atoms with van der Waals surface area (Å²) in [5, 5.41) is 5.53. The molecule has 0 aliphatic carbocycles.